The number of fused-ring (bicyclic) bond motifs is 1. The third kappa shape index (κ3) is 2.49. The van der Waals surface area contributed by atoms with Crippen molar-refractivity contribution in [1.29, 1.82) is 5.26 Å². The van der Waals surface area contributed by atoms with Crippen LogP contribution < -0.4 is 0 Å². The maximum Gasteiger partial charge on any atom is 0.0991 e. The molecule has 0 unspecified atom stereocenters. The van der Waals surface area contributed by atoms with Gasteiger partial charge in [0.2, 0.25) is 0 Å². The highest BCUT2D eigenvalue weighted by Gasteiger charge is 2.28. The van der Waals surface area contributed by atoms with Crippen molar-refractivity contribution in [2.24, 2.45) is 7.05 Å². The van der Waals surface area contributed by atoms with Crippen LogP contribution in [0.4, 0.5) is 0 Å². The van der Waals surface area contributed by atoms with Crippen LogP contribution in [0.1, 0.15) is 22.7 Å². The molecule has 4 rings (SSSR count). The van der Waals surface area contributed by atoms with Gasteiger partial charge in [0, 0.05) is 38.0 Å². The van der Waals surface area contributed by atoms with Crippen molar-refractivity contribution in [3.63, 3.8) is 0 Å². The van der Waals surface area contributed by atoms with Crippen molar-refractivity contribution < 1.29 is 0 Å². The number of nitriles is 1. The van der Waals surface area contributed by atoms with Crippen molar-refractivity contribution in [3.8, 4) is 6.07 Å². The zero-order chi connectivity index (χ0) is 15.8. The second-order valence-corrected chi connectivity index (χ2v) is 6.21. The lowest BCUT2D eigenvalue weighted by Gasteiger charge is -2.39. The summed E-state index contributed by atoms with van der Waals surface area (Å²) in [4.78, 5) is 2.43. The van der Waals surface area contributed by atoms with Gasteiger partial charge >= 0.3 is 0 Å². The Kier molecular flexibility index (Phi) is 3.36. The van der Waals surface area contributed by atoms with Crippen LogP contribution in [0, 0.1) is 11.3 Å². The Balaban J connectivity index is 1.45. The molecule has 4 heteroatoms. The number of likely N-dealkylation sites (tertiary alicyclic amines) is 1. The monoisotopic (exact) mass is 302 g/mol. The summed E-state index contributed by atoms with van der Waals surface area (Å²) in [6.45, 7) is 3.00. The van der Waals surface area contributed by atoms with Gasteiger partial charge in [0.25, 0.3) is 0 Å². The van der Waals surface area contributed by atoms with Crippen LogP contribution in [0.3, 0.4) is 0 Å². The van der Waals surface area contributed by atoms with E-state index in [0.29, 0.717) is 5.92 Å². The molecule has 0 aliphatic carbocycles. The third-order valence-corrected chi connectivity index (χ3v) is 4.68. The maximum absolute atomic E-state index is 8.87. The number of para-hydroxylation sites is 1. The van der Waals surface area contributed by atoms with Gasteiger partial charge in [0.15, 0.2) is 0 Å². The lowest BCUT2D eigenvalue weighted by atomic mass is 9.91. The maximum atomic E-state index is 8.87. The summed E-state index contributed by atoms with van der Waals surface area (Å²) in [5.74, 6) is 0.567. The molecular formula is C19H18N4. The van der Waals surface area contributed by atoms with Crippen LogP contribution in [0.25, 0.3) is 10.9 Å². The predicted molar refractivity (Wildman–Crippen MR) is 89.9 cm³/mol. The van der Waals surface area contributed by atoms with Gasteiger partial charge in [-0.2, -0.15) is 10.4 Å². The fourth-order valence-electron chi connectivity index (χ4n) is 3.36. The van der Waals surface area contributed by atoms with Gasteiger partial charge in [0.05, 0.1) is 22.8 Å². The normalized spacial score (nSPS) is 15.5. The summed E-state index contributed by atoms with van der Waals surface area (Å²) in [5, 5.41) is 14.8. The molecule has 2 heterocycles. The summed E-state index contributed by atoms with van der Waals surface area (Å²) >= 11 is 0. The van der Waals surface area contributed by atoms with Gasteiger partial charge in [-0.05, 0) is 23.8 Å². The molecule has 0 N–H and O–H groups in total. The second kappa shape index (κ2) is 5.53. The highest BCUT2D eigenvalue weighted by atomic mass is 15.3. The van der Waals surface area contributed by atoms with E-state index in [2.05, 4.69) is 52.5 Å². The molecule has 1 aliphatic heterocycles. The summed E-state index contributed by atoms with van der Waals surface area (Å²) in [7, 11) is 2.00. The molecule has 1 saturated heterocycles. The van der Waals surface area contributed by atoms with Gasteiger partial charge in [-0.3, -0.25) is 9.58 Å². The molecule has 3 aromatic rings. The third-order valence-electron chi connectivity index (χ3n) is 4.68. The summed E-state index contributed by atoms with van der Waals surface area (Å²) in [6.07, 6.45) is 0. The van der Waals surface area contributed by atoms with Crippen LogP contribution in [-0.4, -0.2) is 27.8 Å². The van der Waals surface area contributed by atoms with Gasteiger partial charge in [-0.1, -0.05) is 30.3 Å². The first-order chi connectivity index (χ1) is 11.2. The second-order valence-electron chi connectivity index (χ2n) is 6.21. The van der Waals surface area contributed by atoms with Crippen LogP contribution >= 0.6 is 0 Å². The number of aromatic nitrogens is 2. The van der Waals surface area contributed by atoms with Gasteiger partial charge in [-0.25, -0.2) is 0 Å². The highest BCUT2D eigenvalue weighted by molar-refractivity contribution is 5.81. The average Bonchev–Trinajstić information content (AvgIpc) is 2.87. The topological polar surface area (TPSA) is 44.9 Å². The average molecular weight is 302 g/mol. The SMILES string of the molecule is Cn1nc(CN2CC(c3ccc(C#N)cc3)C2)c2ccccc21. The largest absolute Gasteiger partial charge is 0.296 e. The van der Waals surface area contributed by atoms with E-state index >= 15 is 0 Å². The van der Waals surface area contributed by atoms with Crippen LogP contribution in [0.15, 0.2) is 48.5 Å². The Bertz CT molecular complexity index is 880. The van der Waals surface area contributed by atoms with E-state index in [1.165, 1.54) is 16.5 Å². The number of hydrogen-bond donors (Lipinski definition) is 0. The molecule has 1 aliphatic rings. The summed E-state index contributed by atoms with van der Waals surface area (Å²) in [6, 6.07) is 18.5. The predicted octanol–water partition coefficient (Wildman–Crippen LogP) is 3.04. The Morgan fingerprint density at radius 2 is 1.87 bits per heavy atom. The van der Waals surface area contributed by atoms with E-state index in [0.717, 1.165) is 30.9 Å². The zero-order valence-corrected chi connectivity index (χ0v) is 13.1. The first-order valence-electron chi connectivity index (χ1n) is 7.87. The fraction of sp³-hybridized carbons (Fsp3) is 0.263. The molecule has 0 spiro atoms. The molecular weight excluding hydrogens is 284 g/mol. The van der Waals surface area contributed by atoms with E-state index in [1.54, 1.807) is 0 Å². The van der Waals surface area contributed by atoms with Crippen molar-refractivity contribution in [2.45, 2.75) is 12.5 Å². The highest BCUT2D eigenvalue weighted by Crippen LogP contribution is 2.29. The van der Waals surface area contributed by atoms with Crippen LogP contribution in [0.5, 0.6) is 0 Å². The number of aryl methyl sites for hydroxylation is 1. The van der Waals surface area contributed by atoms with E-state index in [-0.39, 0.29) is 0 Å². The van der Waals surface area contributed by atoms with E-state index in [9.17, 15) is 0 Å². The summed E-state index contributed by atoms with van der Waals surface area (Å²) < 4.78 is 1.96. The zero-order valence-electron chi connectivity index (χ0n) is 13.1. The van der Waals surface area contributed by atoms with Crippen molar-refractivity contribution in [3.05, 3.63) is 65.4 Å². The van der Waals surface area contributed by atoms with Crippen LogP contribution in [0.2, 0.25) is 0 Å². The van der Waals surface area contributed by atoms with E-state index < -0.39 is 0 Å². The Morgan fingerprint density at radius 3 is 2.61 bits per heavy atom. The fourth-order valence-corrected chi connectivity index (χ4v) is 3.36. The molecule has 0 radical (unpaired) electrons. The number of benzene rings is 2. The minimum absolute atomic E-state index is 0.567. The molecule has 0 atom stereocenters. The number of nitrogens with zero attached hydrogens (tertiary/aromatic N) is 4. The molecule has 0 saturated carbocycles. The van der Waals surface area contributed by atoms with Gasteiger partial charge in [0.1, 0.15) is 0 Å². The van der Waals surface area contributed by atoms with E-state index in [1.807, 2.05) is 23.9 Å². The quantitative estimate of drug-likeness (QED) is 0.747. The Labute approximate surface area is 135 Å². The Hall–Kier alpha value is -2.64. The first kappa shape index (κ1) is 14.0. The van der Waals surface area contributed by atoms with Crippen molar-refractivity contribution >= 4 is 10.9 Å². The lowest BCUT2D eigenvalue weighted by molar-refractivity contribution is 0.138. The first-order valence-corrected chi connectivity index (χ1v) is 7.87. The van der Waals surface area contributed by atoms with Crippen LogP contribution in [-0.2, 0) is 13.6 Å². The molecule has 4 nitrogen and oxygen atoms in total. The van der Waals surface area contributed by atoms with Gasteiger partial charge in [-0.15, -0.1) is 0 Å². The molecule has 2 aromatic carbocycles. The molecule has 1 fully saturated rings. The molecule has 0 amide bonds. The minimum atomic E-state index is 0.567. The standard InChI is InChI=1S/C19H18N4/c1-22-19-5-3-2-4-17(19)18(21-22)13-23-11-16(12-23)15-8-6-14(10-20)7-9-15/h2-9,16H,11-13H2,1H3. The molecule has 114 valence electrons. The Morgan fingerprint density at radius 1 is 1.13 bits per heavy atom. The smallest absolute Gasteiger partial charge is 0.0991 e. The molecule has 1 aromatic heterocycles. The minimum Gasteiger partial charge on any atom is -0.296 e. The van der Waals surface area contributed by atoms with Gasteiger partial charge < -0.3 is 0 Å². The molecule has 0 bridgehead atoms. The lowest BCUT2D eigenvalue weighted by Crippen LogP contribution is -2.44. The number of hydrogen-bond acceptors (Lipinski definition) is 3. The summed E-state index contributed by atoms with van der Waals surface area (Å²) in [5.41, 5.74) is 4.39. The van der Waals surface area contributed by atoms with Crippen molar-refractivity contribution in [1.82, 2.24) is 14.7 Å². The number of rotatable bonds is 3. The molecule has 23 heavy (non-hydrogen) atoms. The van der Waals surface area contributed by atoms with Crippen molar-refractivity contribution in [2.75, 3.05) is 13.1 Å². The van der Waals surface area contributed by atoms with E-state index in [4.69, 9.17) is 5.26 Å².